The Morgan fingerprint density at radius 1 is 0.625 bits per heavy atom. The topological polar surface area (TPSA) is 55.8 Å². The van der Waals surface area contributed by atoms with E-state index in [-0.39, 0.29) is 0 Å². The molecular weight excluding hydrogens is 585 g/mol. The van der Waals surface area contributed by atoms with Crippen LogP contribution in [0.15, 0.2) is 140 Å². The maximum Gasteiger partial charge on any atom is 0.0992 e. The molecule has 0 spiro atoms. The first kappa shape index (κ1) is 29.1. The summed E-state index contributed by atoms with van der Waals surface area (Å²) in [7, 11) is 0. The van der Waals surface area contributed by atoms with Gasteiger partial charge in [0.05, 0.1) is 34.5 Å². The molecule has 0 saturated carbocycles. The first-order chi connectivity index (χ1) is 23.7. The Hall–Kier alpha value is -6.36. The lowest BCUT2D eigenvalue weighted by atomic mass is 9.96. The van der Waals surface area contributed by atoms with Crippen molar-refractivity contribution in [1.29, 1.82) is 10.5 Å². The predicted octanol–water partition coefficient (Wildman–Crippen LogP) is 10.5. The Morgan fingerprint density at radius 3 is 2.38 bits per heavy atom. The summed E-state index contributed by atoms with van der Waals surface area (Å²) >= 11 is 0. The zero-order valence-corrected chi connectivity index (χ0v) is 26.5. The summed E-state index contributed by atoms with van der Waals surface area (Å²) in [6, 6.07) is 42.6. The minimum absolute atomic E-state index is 0.588. The lowest BCUT2D eigenvalue weighted by molar-refractivity contribution is 0.968. The van der Waals surface area contributed by atoms with Gasteiger partial charge in [-0.2, -0.15) is 10.5 Å². The number of nitriles is 2. The summed E-state index contributed by atoms with van der Waals surface area (Å²) in [5, 5.41) is 21.2. The molecule has 228 valence electrons. The maximum atomic E-state index is 10.2. The fraction of sp³-hybridized carbons (Fsp3) is 0.0909. The van der Waals surface area contributed by atoms with Gasteiger partial charge < -0.3 is 9.47 Å². The Bertz CT molecular complexity index is 2390. The van der Waals surface area contributed by atoms with Crippen LogP contribution in [-0.2, 0) is 12.8 Å². The quantitative estimate of drug-likeness (QED) is 0.198. The summed E-state index contributed by atoms with van der Waals surface area (Å²) in [6.45, 7) is 0.609. The van der Waals surface area contributed by atoms with Gasteiger partial charge in [0.1, 0.15) is 0 Å². The molecule has 1 aromatic heterocycles. The number of aryl methyl sites for hydroxylation is 1. The van der Waals surface area contributed by atoms with Crippen LogP contribution in [0.2, 0.25) is 0 Å². The van der Waals surface area contributed by atoms with Crippen molar-refractivity contribution in [2.75, 3.05) is 11.4 Å². The fourth-order valence-corrected chi connectivity index (χ4v) is 7.14. The molecular formula is C44H32N4. The molecule has 0 saturated heterocycles. The van der Waals surface area contributed by atoms with Crippen molar-refractivity contribution in [3.05, 3.63) is 168 Å². The third-order valence-corrected chi connectivity index (χ3v) is 9.38. The van der Waals surface area contributed by atoms with Gasteiger partial charge in [0.15, 0.2) is 0 Å². The number of hydrogen-bond donors (Lipinski definition) is 0. The van der Waals surface area contributed by atoms with Gasteiger partial charge in [-0.3, -0.25) is 0 Å². The van der Waals surface area contributed by atoms with Gasteiger partial charge in [-0.25, -0.2) is 0 Å². The molecule has 6 aromatic rings. The molecule has 2 aliphatic rings. The highest BCUT2D eigenvalue weighted by Gasteiger charge is 2.21. The predicted molar refractivity (Wildman–Crippen MR) is 196 cm³/mol. The second-order valence-electron chi connectivity index (χ2n) is 12.3. The lowest BCUT2D eigenvalue weighted by Gasteiger charge is -2.27. The van der Waals surface area contributed by atoms with Crippen molar-refractivity contribution in [3.8, 4) is 40.1 Å². The molecule has 0 bridgehead atoms. The molecule has 1 aliphatic carbocycles. The van der Waals surface area contributed by atoms with E-state index in [4.69, 9.17) is 0 Å². The fourth-order valence-electron chi connectivity index (χ4n) is 7.14. The number of allylic oxidation sites excluding steroid dienone is 4. The van der Waals surface area contributed by atoms with E-state index in [1.165, 1.54) is 22.2 Å². The van der Waals surface area contributed by atoms with Gasteiger partial charge >= 0.3 is 0 Å². The van der Waals surface area contributed by atoms with E-state index in [0.717, 1.165) is 64.1 Å². The highest BCUT2D eigenvalue weighted by atomic mass is 15.1. The molecule has 48 heavy (non-hydrogen) atoms. The summed E-state index contributed by atoms with van der Waals surface area (Å²) in [5.41, 5.74) is 13.5. The Kier molecular flexibility index (Phi) is 7.54. The number of fused-ring (bicyclic) bond motifs is 4. The van der Waals surface area contributed by atoms with Gasteiger partial charge in [-0.15, -0.1) is 0 Å². The summed E-state index contributed by atoms with van der Waals surface area (Å²) < 4.78 is 2.41. The van der Waals surface area contributed by atoms with E-state index in [9.17, 15) is 10.5 Å². The summed E-state index contributed by atoms with van der Waals surface area (Å²) in [5.74, 6) is 0. The largest absolute Gasteiger partial charge is 0.337 e. The minimum Gasteiger partial charge on any atom is -0.337 e. The Morgan fingerprint density at radius 2 is 1.46 bits per heavy atom. The van der Waals surface area contributed by atoms with E-state index in [2.05, 4.69) is 137 Å². The first-order valence-electron chi connectivity index (χ1n) is 16.4. The molecule has 0 fully saturated rings. The monoisotopic (exact) mass is 616 g/mol. The number of benzene rings is 5. The average Bonchev–Trinajstić information content (AvgIpc) is 3.53. The van der Waals surface area contributed by atoms with Crippen LogP contribution >= 0.6 is 0 Å². The van der Waals surface area contributed by atoms with Crippen LogP contribution in [0.5, 0.6) is 0 Å². The number of anilines is 2. The molecule has 0 amide bonds. The third kappa shape index (κ3) is 5.20. The van der Waals surface area contributed by atoms with Crippen molar-refractivity contribution < 1.29 is 0 Å². The molecule has 5 aromatic carbocycles. The van der Waals surface area contributed by atoms with Crippen molar-refractivity contribution >= 4 is 28.4 Å². The van der Waals surface area contributed by atoms with Crippen molar-refractivity contribution in [2.24, 2.45) is 0 Å². The summed E-state index contributed by atoms with van der Waals surface area (Å²) in [4.78, 5) is 2.21. The number of rotatable bonds is 4. The van der Waals surface area contributed by atoms with E-state index in [1.54, 1.807) is 0 Å². The third-order valence-electron chi connectivity index (χ3n) is 9.38. The van der Waals surface area contributed by atoms with Gasteiger partial charge in [0.2, 0.25) is 0 Å². The summed E-state index contributed by atoms with van der Waals surface area (Å²) in [6.07, 6.45) is 15.8. The minimum atomic E-state index is 0.588. The number of hydrogen-bond acceptors (Lipinski definition) is 3. The second kappa shape index (κ2) is 12.4. The maximum absolute atomic E-state index is 10.2. The average molecular weight is 617 g/mol. The first-order valence-corrected chi connectivity index (χ1v) is 16.4. The molecule has 4 nitrogen and oxygen atoms in total. The van der Waals surface area contributed by atoms with Gasteiger partial charge in [0, 0.05) is 34.6 Å². The van der Waals surface area contributed by atoms with E-state index in [1.807, 2.05) is 30.3 Å². The van der Waals surface area contributed by atoms with Crippen LogP contribution in [0.25, 0.3) is 44.9 Å². The smallest absolute Gasteiger partial charge is 0.0992 e. The zero-order valence-electron chi connectivity index (χ0n) is 26.5. The van der Waals surface area contributed by atoms with Crippen LogP contribution in [-0.4, -0.2) is 11.1 Å². The van der Waals surface area contributed by atoms with E-state index < -0.39 is 0 Å². The molecule has 0 radical (unpaired) electrons. The SMILES string of the molecule is N#Cc1cc(-c2cccc(-c3ccccc3-n3c4c(c5ccccc53)CCC=C4)c2)cc(N2C/C=C\C=C/Cc3ccc(C#N)cc32)c1. The second-order valence-corrected chi connectivity index (χ2v) is 12.3. The van der Waals surface area contributed by atoms with Crippen LogP contribution in [0.1, 0.15) is 34.4 Å². The number of para-hydroxylation sites is 2. The Labute approximate surface area is 281 Å². The molecule has 8 rings (SSSR count). The van der Waals surface area contributed by atoms with Gasteiger partial charge in [0.25, 0.3) is 0 Å². The lowest BCUT2D eigenvalue weighted by Crippen LogP contribution is -2.19. The Balaban J connectivity index is 1.26. The molecule has 4 heteroatoms. The van der Waals surface area contributed by atoms with Crippen LogP contribution in [0.3, 0.4) is 0 Å². The number of nitrogens with zero attached hydrogens (tertiary/aromatic N) is 4. The molecule has 0 unspecified atom stereocenters. The van der Waals surface area contributed by atoms with Gasteiger partial charge in [-0.1, -0.05) is 91.0 Å². The highest BCUT2D eigenvalue weighted by molar-refractivity contribution is 5.92. The van der Waals surface area contributed by atoms with Gasteiger partial charge in [-0.05, 0) is 102 Å². The normalized spacial score (nSPS) is 14.9. The molecule has 0 N–H and O–H groups in total. The standard InChI is InChI=1S/C44H32N4/c45-29-31-21-22-33-12-3-1-2-10-23-47(44(33)26-31)37-25-32(30-46)24-36(28-37)34-13-11-14-35(27-34)38-15-4-7-18-41(38)48-42-19-8-5-16-39(42)40-17-6-9-20-43(40)48/h1-5,7-11,13-16,18-22,24-28H,6,12,17,23H2/b3-1-,10-2-. The van der Waals surface area contributed by atoms with Crippen LogP contribution in [0.4, 0.5) is 11.4 Å². The number of aromatic nitrogens is 1. The van der Waals surface area contributed by atoms with Crippen molar-refractivity contribution in [2.45, 2.75) is 19.3 Å². The zero-order chi connectivity index (χ0) is 32.5. The molecule has 1 aliphatic heterocycles. The van der Waals surface area contributed by atoms with E-state index >= 15 is 0 Å². The van der Waals surface area contributed by atoms with Crippen molar-refractivity contribution in [3.63, 3.8) is 0 Å². The molecule has 2 heterocycles. The van der Waals surface area contributed by atoms with Crippen molar-refractivity contribution in [1.82, 2.24) is 4.57 Å². The van der Waals surface area contributed by atoms with E-state index in [0.29, 0.717) is 17.7 Å². The molecule has 0 atom stereocenters. The van der Waals surface area contributed by atoms with Crippen LogP contribution in [0, 0.1) is 22.7 Å². The van der Waals surface area contributed by atoms with Crippen LogP contribution < -0.4 is 4.90 Å². The highest BCUT2D eigenvalue weighted by Crippen LogP contribution is 2.39.